The average Bonchev–Trinajstić information content (AvgIpc) is 2.81. The lowest BCUT2D eigenvalue weighted by atomic mass is 10.1. The van der Waals surface area contributed by atoms with Crippen molar-refractivity contribution in [2.24, 2.45) is 5.92 Å². The van der Waals surface area contributed by atoms with E-state index < -0.39 is 18.6 Å². The first-order chi connectivity index (χ1) is 9.02. The molecule has 0 amide bonds. The molecule has 0 aliphatic carbocycles. The molecule has 1 aromatic carbocycles. The summed E-state index contributed by atoms with van der Waals surface area (Å²) in [5, 5.41) is 11.1. The summed E-state index contributed by atoms with van der Waals surface area (Å²) >= 11 is 0. The first kappa shape index (κ1) is 13.5. The van der Waals surface area contributed by atoms with Gasteiger partial charge in [-0.15, -0.1) is 0 Å². The fourth-order valence-electron chi connectivity index (χ4n) is 1.72. The van der Waals surface area contributed by atoms with Crippen LogP contribution in [0.25, 0.3) is 0 Å². The fourth-order valence-corrected chi connectivity index (χ4v) is 1.72. The minimum Gasteiger partial charge on any atom is -0.454 e. The number of alkyl halides is 3. The number of ether oxygens (including phenoxy) is 2. The number of halogens is 3. The van der Waals surface area contributed by atoms with Crippen LogP contribution in [-0.4, -0.2) is 19.5 Å². The molecule has 0 aromatic heterocycles. The third kappa shape index (κ3) is 3.09. The van der Waals surface area contributed by atoms with Gasteiger partial charge in [0.15, 0.2) is 17.4 Å². The smallest absolute Gasteiger partial charge is 0.405 e. The highest BCUT2D eigenvalue weighted by Gasteiger charge is 2.39. The summed E-state index contributed by atoms with van der Waals surface area (Å²) in [7, 11) is 0. The molecule has 1 aliphatic heterocycles. The Labute approximate surface area is 107 Å². The van der Waals surface area contributed by atoms with Crippen LogP contribution in [-0.2, 0) is 6.54 Å². The van der Waals surface area contributed by atoms with Gasteiger partial charge in [-0.25, -0.2) is 0 Å². The number of benzene rings is 1. The maximum absolute atomic E-state index is 12.4. The fraction of sp³-hybridized carbons (Fsp3) is 0.417. The molecular weight excluding hydrogens is 261 g/mol. The summed E-state index contributed by atoms with van der Waals surface area (Å²) in [4.78, 5) is 0. The molecule has 0 saturated heterocycles. The largest absolute Gasteiger partial charge is 0.454 e. The number of nitrogens with zero attached hydrogens (tertiary/aromatic N) is 1. The number of fused-ring (bicyclic) bond motifs is 1. The van der Waals surface area contributed by atoms with Gasteiger partial charge in [0.2, 0.25) is 6.79 Å². The molecule has 1 aliphatic rings. The minimum atomic E-state index is -4.51. The number of hydrogen-bond acceptors (Lipinski definition) is 4. The van der Waals surface area contributed by atoms with Crippen molar-refractivity contribution in [2.45, 2.75) is 12.7 Å². The molecule has 1 atom stereocenters. The monoisotopic (exact) mass is 272 g/mol. The van der Waals surface area contributed by atoms with Crippen LogP contribution in [0.3, 0.4) is 0 Å². The maximum Gasteiger partial charge on any atom is 0.405 e. The van der Waals surface area contributed by atoms with Gasteiger partial charge in [-0.2, -0.15) is 18.4 Å². The van der Waals surface area contributed by atoms with Crippen LogP contribution >= 0.6 is 0 Å². The number of rotatable bonds is 4. The Morgan fingerprint density at radius 3 is 2.84 bits per heavy atom. The van der Waals surface area contributed by atoms with Gasteiger partial charge in [0.25, 0.3) is 0 Å². The van der Waals surface area contributed by atoms with Gasteiger partial charge in [-0.1, -0.05) is 12.1 Å². The highest BCUT2D eigenvalue weighted by atomic mass is 19.4. The van der Waals surface area contributed by atoms with E-state index in [0.717, 1.165) is 0 Å². The van der Waals surface area contributed by atoms with E-state index in [1.54, 1.807) is 18.2 Å². The Hall–Kier alpha value is -1.94. The van der Waals surface area contributed by atoms with E-state index in [2.05, 4.69) is 5.32 Å². The van der Waals surface area contributed by atoms with E-state index in [1.807, 2.05) is 0 Å². The minimum absolute atomic E-state index is 0.107. The zero-order valence-electron chi connectivity index (χ0n) is 9.83. The lowest BCUT2D eigenvalue weighted by Gasteiger charge is -2.14. The van der Waals surface area contributed by atoms with Crippen LogP contribution in [0, 0.1) is 17.2 Å². The number of nitriles is 1. The zero-order chi connectivity index (χ0) is 13.9. The maximum atomic E-state index is 12.4. The molecule has 0 fully saturated rings. The second-order valence-corrected chi connectivity index (χ2v) is 4.01. The molecule has 1 N–H and O–H groups in total. The Morgan fingerprint density at radius 1 is 1.37 bits per heavy atom. The Morgan fingerprint density at radius 2 is 2.16 bits per heavy atom. The lowest BCUT2D eigenvalue weighted by molar-refractivity contribution is -0.157. The Kier molecular flexibility index (Phi) is 3.81. The van der Waals surface area contributed by atoms with Gasteiger partial charge in [0, 0.05) is 18.7 Å². The SMILES string of the molecule is N#CC(CNCc1cccc2c1OCO2)C(F)(F)F. The van der Waals surface area contributed by atoms with E-state index >= 15 is 0 Å². The Bertz CT molecular complexity index is 497. The lowest BCUT2D eigenvalue weighted by Crippen LogP contribution is -2.32. The first-order valence-electron chi connectivity index (χ1n) is 5.57. The van der Waals surface area contributed by atoms with Crippen molar-refractivity contribution >= 4 is 0 Å². The molecule has 7 heteroatoms. The van der Waals surface area contributed by atoms with Gasteiger partial charge in [-0.3, -0.25) is 0 Å². The van der Waals surface area contributed by atoms with Gasteiger partial charge in [0.1, 0.15) is 0 Å². The van der Waals surface area contributed by atoms with Crippen LogP contribution in [0.1, 0.15) is 5.56 Å². The molecule has 0 spiro atoms. The summed E-state index contributed by atoms with van der Waals surface area (Å²) in [5.74, 6) is -0.899. The van der Waals surface area contributed by atoms with Crippen LogP contribution in [0.4, 0.5) is 13.2 Å². The summed E-state index contributed by atoms with van der Waals surface area (Å²) in [6.07, 6.45) is -4.51. The van der Waals surface area contributed by atoms with Crippen LogP contribution in [0.15, 0.2) is 18.2 Å². The quantitative estimate of drug-likeness (QED) is 0.913. The summed E-state index contributed by atoms with van der Waals surface area (Å²) in [6, 6.07) is 6.42. The van der Waals surface area contributed by atoms with Crippen LogP contribution in [0.2, 0.25) is 0 Å². The standard InChI is InChI=1S/C12H11F3N2O2/c13-12(14,15)9(4-16)6-17-5-8-2-1-3-10-11(8)19-7-18-10/h1-3,9,17H,5-7H2. The third-order valence-electron chi connectivity index (χ3n) is 2.69. The van der Waals surface area contributed by atoms with Crippen molar-refractivity contribution in [3.63, 3.8) is 0 Å². The van der Waals surface area contributed by atoms with E-state index in [4.69, 9.17) is 14.7 Å². The predicted octanol–water partition coefficient (Wildman–Crippen LogP) is 2.21. The third-order valence-corrected chi connectivity index (χ3v) is 2.69. The van der Waals surface area contributed by atoms with Crippen LogP contribution < -0.4 is 14.8 Å². The summed E-state index contributed by atoms with van der Waals surface area (Å²) in [5.41, 5.74) is 0.703. The molecule has 4 nitrogen and oxygen atoms in total. The molecule has 0 saturated carbocycles. The van der Waals surface area contributed by atoms with Crippen LogP contribution in [0.5, 0.6) is 11.5 Å². The number of hydrogen-bond donors (Lipinski definition) is 1. The molecule has 102 valence electrons. The highest BCUT2D eigenvalue weighted by Crippen LogP contribution is 2.35. The second-order valence-electron chi connectivity index (χ2n) is 4.01. The zero-order valence-corrected chi connectivity index (χ0v) is 9.83. The Balaban J connectivity index is 1.94. The van der Waals surface area contributed by atoms with Gasteiger partial charge in [0.05, 0.1) is 6.07 Å². The van der Waals surface area contributed by atoms with Gasteiger partial charge in [-0.05, 0) is 6.07 Å². The summed E-state index contributed by atoms with van der Waals surface area (Å²) < 4.78 is 47.5. The summed E-state index contributed by atoms with van der Waals surface area (Å²) in [6.45, 7) is -0.166. The van der Waals surface area contributed by atoms with Crippen molar-refractivity contribution < 1.29 is 22.6 Å². The number of para-hydroxylation sites is 1. The molecule has 1 unspecified atom stereocenters. The van der Waals surface area contributed by atoms with E-state index in [1.165, 1.54) is 6.07 Å². The van der Waals surface area contributed by atoms with E-state index in [-0.39, 0.29) is 13.3 Å². The van der Waals surface area contributed by atoms with Crippen molar-refractivity contribution in [1.29, 1.82) is 5.26 Å². The van der Waals surface area contributed by atoms with Crippen molar-refractivity contribution in [1.82, 2.24) is 5.32 Å². The normalized spacial score (nSPS) is 15.1. The molecule has 0 radical (unpaired) electrons. The topological polar surface area (TPSA) is 54.3 Å². The molecule has 19 heavy (non-hydrogen) atoms. The molecular formula is C12H11F3N2O2. The molecule has 1 aromatic rings. The van der Waals surface area contributed by atoms with Gasteiger partial charge >= 0.3 is 6.18 Å². The average molecular weight is 272 g/mol. The first-order valence-corrected chi connectivity index (χ1v) is 5.57. The van der Waals surface area contributed by atoms with E-state index in [9.17, 15) is 13.2 Å². The van der Waals surface area contributed by atoms with Gasteiger partial charge < -0.3 is 14.8 Å². The van der Waals surface area contributed by atoms with E-state index in [0.29, 0.717) is 17.1 Å². The number of nitrogens with one attached hydrogen (secondary N) is 1. The highest BCUT2D eigenvalue weighted by molar-refractivity contribution is 5.48. The second kappa shape index (κ2) is 5.36. The van der Waals surface area contributed by atoms with Crippen molar-refractivity contribution in [3.05, 3.63) is 23.8 Å². The predicted molar refractivity (Wildman–Crippen MR) is 59.4 cm³/mol. The molecule has 2 rings (SSSR count). The van der Waals surface area contributed by atoms with Crippen molar-refractivity contribution in [2.75, 3.05) is 13.3 Å². The molecule has 0 bridgehead atoms. The van der Waals surface area contributed by atoms with Crippen molar-refractivity contribution in [3.8, 4) is 17.6 Å². The molecule has 1 heterocycles.